The van der Waals surface area contributed by atoms with Crippen LogP contribution in [-0.2, 0) is 0 Å². The number of hydrogen-bond acceptors (Lipinski definition) is 2. The molecule has 0 aliphatic rings. The highest BCUT2D eigenvalue weighted by Crippen LogP contribution is 2.25. The first-order valence-electron chi connectivity index (χ1n) is 7.33. The Balaban J connectivity index is 2.06. The number of para-hydroxylation sites is 2. The third kappa shape index (κ3) is 4.39. The summed E-state index contributed by atoms with van der Waals surface area (Å²) in [5, 5.41) is 9.34. The smallest absolute Gasteiger partial charge is 0.0512 e. The molecule has 1 N–H and O–H groups in total. The normalized spacial score (nSPS) is 12.1. The number of nitrogens with zero attached hydrogens (tertiary/aromatic N) is 1. The molecule has 106 valence electrons. The molecule has 1 atom stereocenters. The van der Waals surface area contributed by atoms with Gasteiger partial charge in [0.05, 0.1) is 6.10 Å². The third-order valence-corrected chi connectivity index (χ3v) is 3.39. The average Bonchev–Trinajstić information content (AvgIpc) is 2.49. The summed E-state index contributed by atoms with van der Waals surface area (Å²) >= 11 is 0. The molecule has 2 nitrogen and oxygen atoms in total. The standard InChI is InChI=1S/C18H23NO/c1-16(20)10-8-9-15-19(17-11-4-2-5-12-17)18-13-6-3-7-14-18/h2-7,11-14,16,20H,8-10,15H2,1H3/t16-/m1/s1. The molecule has 0 amide bonds. The summed E-state index contributed by atoms with van der Waals surface area (Å²) in [6, 6.07) is 20.9. The van der Waals surface area contributed by atoms with E-state index in [2.05, 4.69) is 53.4 Å². The van der Waals surface area contributed by atoms with Gasteiger partial charge in [0.25, 0.3) is 0 Å². The minimum Gasteiger partial charge on any atom is -0.393 e. The molecule has 0 saturated heterocycles. The van der Waals surface area contributed by atoms with Crippen LogP contribution in [0.4, 0.5) is 11.4 Å². The van der Waals surface area contributed by atoms with Crippen LogP contribution in [0.15, 0.2) is 60.7 Å². The monoisotopic (exact) mass is 269 g/mol. The number of unbranched alkanes of at least 4 members (excludes halogenated alkanes) is 1. The van der Waals surface area contributed by atoms with Crippen molar-refractivity contribution >= 4 is 11.4 Å². The van der Waals surface area contributed by atoms with Crippen LogP contribution in [0.25, 0.3) is 0 Å². The van der Waals surface area contributed by atoms with E-state index in [9.17, 15) is 5.11 Å². The lowest BCUT2D eigenvalue weighted by atomic mass is 10.1. The van der Waals surface area contributed by atoms with E-state index in [4.69, 9.17) is 0 Å². The summed E-state index contributed by atoms with van der Waals surface area (Å²) < 4.78 is 0. The number of hydrogen-bond donors (Lipinski definition) is 1. The van der Waals surface area contributed by atoms with Crippen molar-refractivity contribution in [1.29, 1.82) is 0 Å². The molecule has 2 heteroatoms. The number of anilines is 2. The van der Waals surface area contributed by atoms with Crippen molar-refractivity contribution in [3.05, 3.63) is 60.7 Å². The Labute approximate surface area is 121 Å². The summed E-state index contributed by atoms with van der Waals surface area (Å²) in [7, 11) is 0. The van der Waals surface area contributed by atoms with E-state index in [1.54, 1.807) is 0 Å². The molecule has 2 aromatic rings. The van der Waals surface area contributed by atoms with Crippen molar-refractivity contribution in [2.24, 2.45) is 0 Å². The average molecular weight is 269 g/mol. The summed E-state index contributed by atoms with van der Waals surface area (Å²) in [6.45, 7) is 2.83. The fraction of sp³-hybridized carbons (Fsp3) is 0.333. The molecule has 2 aromatic carbocycles. The molecule has 0 unspecified atom stereocenters. The lowest BCUT2D eigenvalue weighted by molar-refractivity contribution is 0.181. The molecule has 20 heavy (non-hydrogen) atoms. The van der Waals surface area contributed by atoms with E-state index < -0.39 is 0 Å². The Bertz CT molecular complexity index is 442. The summed E-state index contributed by atoms with van der Waals surface area (Å²) in [4.78, 5) is 2.34. The first-order valence-corrected chi connectivity index (χ1v) is 7.33. The van der Waals surface area contributed by atoms with Crippen LogP contribution in [0.1, 0.15) is 26.2 Å². The van der Waals surface area contributed by atoms with Crippen molar-refractivity contribution < 1.29 is 5.11 Å². The molecule has 0 heterocycles. The number of aliphatic hydroxyl groups excluding tert-OH is 1. The fourth-order valence-electron chi connectivity index (χ4n) is 2.33. The van der Waals surface area contributed by atoms with E-state index in [0.29, 0.717) is 0 Å². The Morgan fingerprint density at radius 2 is 1.35 bits per heavy atom. The zero-order valence-electron chi connectivity index (χ0n) is 12.1. The van der Waals surface area contributed by atoms with Gasteiger partial charge in [0, 0.05) is 17.9 Å². The van der Waals surface area contributed by atoms with Crippen LogP contribution >= 0.6 is 0 Å². The molecule has 0 fully saturated rings. The van der Waals surface area contributed by atoms with Gasteiger partial charge in [0.2, 0.25) is 0 Å². The van der Waals surface area contributed by atoms with Crippen LogP contribution in [0, 0.1) is 0 Å². The Morgan fingerprint density at radius 3 is 1.80 bits per heavy atom. The quantitative estimate of drug-likeness (QED) is 0.754. The highest BCUT2D eigenvalue weighted by Gasteiger charge is 2.08. The van der Waals surface area contributed by atoms with Crippen LogP contribution < -0.4 is 4.90 Å². The van der Waals surface area contributed by atoms with Gasteiger partial charge in [-0.2, -0.15) is 0 Å². The van der Waals surface area contributed by atoms with Gasteiger partial charge in [-0.3, -0.25) is 0 Å². The second-order valence-electron chi connectivity index (χ2n) is 5.17. The van der Waals surface area contributed by atoms with Crippen molar-refractivity contribution in [3.63, 3.8) is 0 Å². The highest BCUT2D eigenvalue weighted by atomic mass is 16.3. The number of benzene rings is 2. The zero-order chi connectivity index (χ0) is 14.2. The minimum atomic E-state index is -0.197. The van der Waals surface area contributed by atoms with Gasteiger partial charge in [-0.25, -0.2) is 0 Å². The summed E-state index contributed by atoms with van der Waals surface area (Å²) in [6.07, 6.45) is 2.80. The summed E-state index contributed by atoms with van der Waals surface area (Å²) in [5.74, 6) is 0. The molecule has 0 aliphatic carbocycles. The van der Waals surface area contributed by atoms with Crippen molar-refractivity contribution in [1.82, 2.24) is 0 Å². The molecule has 0 saturated carbocycles. The van der Waals surface area contributed by atoms with E-state index in [1.807, 2.05) is 19.1 Å². The largest absolute Gasteiger partial charge is 0.393 e. The third-order valence-electron chi connectivity index (χ3n) is 3.39. The Kier molecular flexibility index (Phi) is 5.63. The molecule has 0 bridgehead atoms. The van der Waals surface area contributed by atoms with Crippen LogP contribution in [0.5, 0.6) is 0 Å². The van der Waals surface area contributed by atoms with Crippen molar-refractivity contribution in [2.45, 2.75) is 32.3 Å². The van der Waals surface area contributed by atoms with Crippen LogP contribution in [-0.4, -0.2) is 17.8 Å². The van der Waals surface area contributed by atoms with Crippen molar-refractivity contribution in [2.75, 3.05) is 11.4 Å². The number of aliphatic hydroxyl groups is 1. The fourth-order valence-corrected chi connectivity index (χ4v) is 2.33. The molecule has 0 spiro atoms. The van der Waals surface area contributed by atoms with E-state index in [0.717, 1.165) is 25.8 Å². The van der Waals surface area contributed by atoms with Gasteiger partial charge in [0.15, 0.2) is 0 Å². The molecular formula is C18H23NO. The zero-order valence-corrected chi connectivity index (χ0v) is 12.1. The predicted molar refractivity (Wildman–Crippen MR) is 85.4 cm³/mol. The second-order valence-corrected chi connectivity index (χ2v) is 5.17. The summed E-state index contributed by atoms with van der Waals surface area (Å²) in [5.41, 5.74) is 2.44. The van der Waals surface area contributed by atoms with E-state index in [-0.39, 0.29) is 6.10 Å². The van der Waals surface area contributed by atoms with Gasteiger partial charge in [-0.15, -0.1) is 0 Å². The lowest BCUT2D eigenvalue weighted by Crippen LogP contribution is -2.18. The van der Waals surface area contributed by atoms with Gasteiger partial charge in [-0.05, 0) is 50.5 Å². The van der Waals surface area contributed by atoms with Crippen LogP contribution in [0.2, 0.25) is 0 Å². The van der Waals surface area contributed by atoms with Crippen molar-refractivity contribution in [3.8, 4) is 0 Å². The second kappa shape index (κ2) is 7.71. The maximum Gasteiger partial charge on any atom is 0.0512 e. The Morgan fingerprint density at radius 1 is 0.850 bits per heavy atom. The topological polar surface area (TPSA) is 23.5 Å². The molecule has 0 radical (unpaired) electrons. The van der Waals surface area contributed by atoms with Crippen LogP contribution in [0.3, 0.4) is 0 Å². The molecule has 0 aromatic heterocycles. The lowest BCUT2D eigenvalue weighted by Gasteiger charge is -2.25. The van der Waals surface area contributed by atoms with Gasteiger partial charge in [-0.1, -0.05) is 36.4 Å². The van der Waals surface area contributed by atoms with Gasteiger partial charge >= 0.3 is 0 Å². The van der Waals surface area contributed by atoms with E-state index in [1.165, 1.54) is 11.4 Å². The van der Waals surface area contributed by atoms with Gasteiger partial charge in [0.1, 0.15) is 0 Å². The van der Waals surface area contributed by atoms with Gasteiger partial charge < -0.3 is 10.0 Å². The molecular weight excluding hydrogens is 246 g/mol. The first kappa shape index (κ1) is 14.6. The minimum absolute atomic E-state index is 0.197. The SMILES string of the molecule is C[C@@H](O)CCCCN(c1ccccc1)c1ccccc1. The molecule has 0 aliphatic heterocycles. The first-order chi connectivity index (χ1) is 9.77. The number of rotatable bonds is 7. The molecule has 2 rings (SSSR count). The van der Waals surface area contributed by atoms with E-state index >= 15 is 0 Å². The predicted octanol–water partition coefficient (Wildman–Crippen LogP) is 4.38. The maximum atomic E-state index is 9.34. The maximum absolute atomic E-state index is 9.34. The highest BCUT2D eigenvalue weighted by molar-refractivity contribution is 5.62. The Hall–Kier alpha value is -1.80.